The van der Waals surface area contributed by atoms with Gasteiger partial charge in [-0.1, -0.05) is 18.2 Å². The van der Waals surface area contributed by atoms with Crippen LogP contribution in [0, 0.1) is 5.82 Å². The van der Waals surface area contributed by atoms with Gasteiger partial charge in [-0.25, -0.2) is 18.7 Å². The average Bonchev–Trinajstić information content (AvgIpc) is 3.23. The van der Waals surface area contributed by atoms with E-state index in [1.165, 1.54) is 12.1 Å². The number of fused-ring (bicyclic) bond motifs is 3. The second-order valence-electron chi connectivity index (χ2n) is 7.19. The molecule has 0 saturated carbocycles. The van der Waals surface area contributed by atoms with Crippen LogP contribution in [0.25, 0.3) is 16.4 Å². The number of aromatic amines is 1. The molecule has 4 aromatic rings. The number of nitrogens with one attached hydrogen (secondary N) is 2. The molecule has 0 unspecified atom stereocenters. The number of hydrogen-bond acceptors (Lipinski definition) is 6. The summed E-state index contributed by atoms with van der Waals surface area (Å²) in [5.41, 5.74) is 3.07. The van der Waals surface area contributed by atoms with Crippen LogP contribution in [0.4, 0.5) is 29.1 Å². The van der Waals surface area contributed by atoms with E-state index in [0.29, 0.717) is 11.8 Å². The molecule has 0 amide bonds. The zero-order valence-electron chi connectivity index (χ0n) is 17.2. The van der Waals surface area contributed by atoms with E-state index in [-0.39, 0.29) is 38.6 Å². The Kier molecular flexibility index (Phi) is 5.72. The van der Waals surface area contributed by atoms with Gasteiger partial charge in [-0.2, -0.15) is 18.3 Å². The Bertz CT molecular complexity index is 1620. The van der Waals surface area contributed by atoms with E-state index >= 15 is 0 Å². The van der Waals surface area contributed by atoms with Crippen LogP contribution in [-0.4, -0.2) is 31.9 Å². The molecule has 3 heterocycles. The van der Waals surface area contributed by atoms with Crippen LogP contribution < -0.4 is 16.6 Å². The first-order chi connectivity index (χ1) is 16.4. The standard InChI is InChI=1S/C21H13ClF4N6O3/c1-8(29-9-2-3-14(23)13(22)4-9)28-7-12-10-5-11(20(34)35)19(33)30-17(10)15-6-16(21(24,25)26)31-32(15)18(12)27/h2-7,29H,1,27H2,(H,30,33)(H,34,35)/b28-7-. The number of aromatic nitrogens is 3. The van der Waals surface area contributed by atoms with Gasteiger partial charge in [0.1, 0.15) is 23.0 Å². The van der Waals surface area contributed by atoms with Gasteiger partial charge in [0.05, 0.1) is 16.1 Å². The van der Waals surface area contributed by atoms with Crippen LogP contribution in [0.1, 0.15) is 21.6 Å². The summed E-state index contributed by atoms with van der Waals surface area (Å²) < 4.78 is 53.9. The van der Waals surface area contributed by atoms with Crippen LogP contribution in [-0.2, 0) is 6.18 Å². The fourth-order valence-electron chi connectivity index (χ4n) is 3.29. The lowest BCUT2D eigenvalue weighted by molar-refractivity contribution is -0.141. The van der Waals surface area contributed by atoms with Gasteiger partial charge in [0.2, 0.25) is 0 Å². The highest BCUT2D eigenvalue weighted by atomic mass is 35.5. The van der Waals surface area contributed by atoms with Gasteiger partial charge in [0.25, 0.3) is 5.56 Å². The lowest BCUT2D eigenvalue weighted by atomic mass is 10.1. The van der Waals surface area contributed by atoms with Crippen LogP contribution >= 0.6 is 11.6 Å². The van der Waals surface area contributed by atoms with Gasteiger partial charge >= 0.3 is 12.1 Å². The molecule has 1 aromatic carbocycles. The lowest BCUT2D eigenvalue weighted by Gasteiger charge is -2.11. The zero-order valence-corrected chi connectivity index (χ0v) is 18.0. The van der Waals surface area contributed by atoms with Gasteiger partial charge in [0.15, 0.2) is 5.69 Å². The monoisotopic (exact) mass is 508 g/mol. The smallest absolute Gasteiger partial charge is 0.435 e. The molecular formula is C21H13ClF4N6O3. The van der Waals surface area contributed by atoms with E-state index in [9.17, 15) is 32.3 Å². The first-order valence-corrected chi connectivity index (χ1v) is 9.88. The molecule has 0 atom stereocenters. The third kappa shape index (κ3) is 4.40. The van der Waals surface area contributed by atoms with Crippen molar-refractivity contribution in [3.8, 4) is 0 Å². The summed E-state index contributed by atoms with van der Waals surface area (Å²) in [6, 6.07) is 5.41. The number of rotatable bonds is 5. The number of halogens is 5. The Morgan fingerprint density at radius 3 is 2.66 bits per heavy atom. The number of nitrogens with two attached hydrogens (primary N) is 1. The Morgan fingerprint density at radius 2 is 2.03 bits per heavy atom. The number of H-pyrrole nitrogens is 1. The van der Waals surface area contributed by atoms with E-state index in [4.69, 9.17) is 17.3 Å². The zero-order chi connectivity index (χ0) is 25.7. The molecule has 0 bridgehead atoms. The first-order valence-electron chi connectivity index (χ1n) is 9.50. The highest BCUT2D eigenvalue weighted by Gasteiger charge is 2.35. The first kappa shape index (κ1) is 23.8. The molecule has 0 aliphatic rings. The van der Waals surface area contributed by atoms with E-state index in [1.54, 1.807) is 0 Å². The van der Waals surface area contributed by atoms with Crippen molar-refractivity contribution in [1.82, 2.24) is 14.6 Å². The molecule has 0 aliphatic heterocycles. The number of aliphatic imine (C=N–C) groups is 1. The fraction of sp³-hybridized carbons (Fsp3) is 0.0476. The number of anilines is 2. The summed E-state index contributed by atoms with van der Waals surface area (Å²) in [4.78, 5) is 30.0. The van der Waals surface area contributed by atoms with Crippen molar-refractivity contribution in [3.63, 3.8) is 0 Å². The number of nitrogens with zero attached hydrogens (tertiary/aromatic N) is 3. The largest absolute Gasteiger partial charge is 0.477 e. The van der Waals surface area contributed by atoms with Crippen LogP contribution in [0.15, 0.2) is 52.5 Å². The maximum atomic E-state index is 13.3. The number of alkyl halides is 3. The fourth-order valence-corrected chi connectivity index (χ4v) is 3.47. The van der Waals surface area contributed by atoms with Gasteiger partial charge < -0.3 is 21.1 Å². The summed E-state index contributed by atoms with van der Waals surface area (Å²) in [6.07, 6.45) is -3.70. The predicted molar refractivity (Wildman–Crippen MR) is 121 cm³/mol. The molecular weight excluding hydrogens is 496 g/mol. The second-order valence-corrected chi connectivity index (χ2v) is 7.60. The van der Waals surface area contributed by atoms with Crippen LogP contribution in [0.5, 0.6) is 0 Å². The Morgan fingerprint density at radius 1 is 1.31 bits per heavy atom. The number of carbonyl (C=O) groups is 1. The number of carboxylic acids is 1. The molecule has 0 radical (unpaired) electrons. The van der Waals surface area contributed by atoms with Gasteiger partial charge in [0, 0.05) is 22.9 Å². The van der Waals surface area contributed by atoms with E-state index in [0.717, 1.165) is 22.9 Å². The Balaban J connectivity index is 1.88. The predicted octanol–water partition coefficient (Wildman–Crippen LogP) is 4.27. The third-order valence-corrected chi connectivity index (χ3v) is 5.17. The van der Waals surface area contributed by atoms with Crippen molar-refractivity contribution < 1.29 is 27.5 Å². The molecule has 14 heteroatoms. The number of nitrogen functional groups attached to an aromatic ring is 1. The van der Waals surface area contributed by atoms with Gasteiger partial charge in [-0.3, -0.25) is 4.79 Å². The number of benzene rings is 1. The summed E-state index contributed by atoms with van der Waals surface area (Å²) in [5.74, 6) is -2.51. The minimum Gasteiger partial charge on any atom is -0.477 e. The number of aromatic carboxylic acids is 1. The van der Waals surface area contributed by atoms with Crippen molar-refractivity contribution in [2.75, 3.05) is 11.1 Å². The van der Waals surface area contributed by atoms with Crippen LogP contribution in [0.3, 0.4) is 0 Å². The van der Waals surface area contributed by atoms with Crippen molar-refractivity contribution >= 4 is 51.7 Å². The van der Waals surface area contributed by atoms with E-state index in [1.807, 2.05) is 0 Å². The summed E-state index contributed by atoms with van der Waals surface area (Å²) >= 11 is 5.73. The number of carboxylic acid groups (broad SMARTS) is 1. The third-order valence-electron chi connectivity index (χ3n) is 4.88. The number of hydrogen-bond donors (Lipinski definition) is 4. The van der Waals surface area contributed by atoms with Crippen molar-refractivity contribution in [2.24, 2.45) is 4.99 Å². The highest BCUT2D eigenvalue weighted by Crippen LogP contribution is 2.33. The SMILES string of the molecule is C=C(/N=C\c1c(N)n2nc(C(F)(F)F)cc2c2[nH]c(=O)c(C(=O)O)cc12)Nc1ccc(F)c(Cl)c1. The summed E-state index contributed by atoms with van der Waals surface area (Å²) in [5, 5.41) is 15.4. The molecule has 35 heavy (non-hydrogen) atoms. The Hall–Kier alpha value is -4.39. The summed E-state index contributed by atoms with van der Waals surface area (Å²) in [7, 11) is 0. The maximum absolute atomic E-state index is 13.3. The van der Waals surface area contributed by atoms with Gasteiger partial charge in [-0.15, -0.1) is 0 Å². The molecule has 4 rings (SSSR count). The van der Waals surface area contributed by atoms with E-state index < -0.39 is 34.8 Å². The second kappa shape index (κ2) is 8.43. The van der Waals surface area contributed by atoms with Crippen molar-refractivity contribution in [2.45, 2.75) is 6.18 Å². The number of pyridine rings is 2. The quantitative estimate of drug-likeness (QED) is 0.235. The van der Waals surface area contributed by atoms with Crippen molar-refractivity contribution in [3.05, 3.63) is 80.7 Å². The van der Waals surface area contributed by atoms with E-state index in [2.05, 4.69) is 27.0 Å². The molecule has 5 N–H and O–H groups in total. The van der Waals surface area contributed by atoms with Crippen molar-refractivity contribution in [1.29, 1.82) is 0 Å². The molecule has 3 aromatic heterocycles. The van der Waals surface area contributed by atoms with Gasteiger partial charge in [-0.05, 0) is 30.3 Å². The molecule has 180 valence electrons. The molecule has 0 saturated heterocycles. The Labute approximate surface area is 197 Å². The lowest BCUT2D eigenvalue weighted by Crippen LogP contribution is -2.18. The molecule has 9 nitrogen and oxygen atoms in total. The maximum Gasteiger partial charge on any atom is 0.435 e. The molecule has 0 fully saturated rings. The topological polar surface area (TPSA) is 138 Å². The molecule has 0 spiro atoms. The average molecular weight is 509 g/mol. The minimum absolute atomic E-state index is 0.000324. The normalized spacial score (nSPS) is 12.0. The molecule has 0 aliphatic carbocycles. The van der Waals surface area contributed by atoms with Crippen LogP contribution in [0.2, 0.25) is 5.02 Å². The highest BCUT2D eigenvalue weighted by molar-refractivity contribution is 6.31. The minimum atomic E-state index is -4.81. The summed E-state index contributed by atoms with van der Waals surface area (Å²) in [6.45, 7) is 3.68.